The summed E-state index contributed by atoms with van der Waals surface area (Å²) in [6.45, 7) is 14.9. The van der Waals surface area contributed by atoms with Gasteiger partial charge in [0.05, 0.1) is 17.6 Å². The van der Waals surface area contributed by atoms with Gasteiger partial charge in [0.15, 0.2) is 0 Å². The monoisotopic (exact) mass is 581 g/mol. The van der Waals surface area contributed by atoms with Crippen LogP contribution >= 0.6 is 12.4 Å². The van der Waals surface area contributed by atoms with Crippen LogP contribution in [0.5, 0.6) is 11.5 Å². The lowest BCUT2D eigenvalue weighted by Gasteiger charge is -2.32. The predicted octanol–water partition coefficient (Wildman–Crippen LogP) is 7.41. The Morgan fingerprint density at radius 2 is 1.46 bits per heavy atom. The molecule has 0 spiro atoms. The van der Waals surface area contributed by atoms with Crippen LogP contribution in [0, 0.1) is 5.41 Å². The maximum atomic E-state index is 13.2. The topological polar surface area (TPSA) is 76.1 Å². The summed E-state index contributed by atoms with van der Waals surface area (Å²) in [6.07, 6.45) is 0.813. The van der Waals surface area contributed by atoms with E-state index in [9.17, 15) is 14.7 Å². The molecule has 0 radical (unpaired) electrons. The van der Waals surface area contributed by atoms with Gasteiger partial charge in [0.2, 0.25) is 0 Å². The highest BCUT2D eigenvalue weighted by molar-refractivity contribution is 5.91. The van der Waals surface area contributed by atoms with Gasteiger partial charge in [-0.2, -0.15) is 0 Å². The summed E-state index contributed by atoms with van der Waals surface area (Å²) in [7, 11) is 0. The second-order valence-electron chi connectivity index (χ2n) is 11.8. The number of hydrogen-bond donors (Lipinski definition) is 1. The molecule has 6 nitrogen and oxygen atoms in total. The molecule has 222 valence electrons. The molecule has 0 saturated heterocycles. The summed E-state index contributed by atoms with van der Waals surface area (Å²) in [5.41, 5.74) is 2.44. The van der Waals surface area contributed by atoms with Gasteiger partial charge in [0.25, 0.3) is 0 Å². The van der Waals surface area contributed by atoms with Crippen molar-refractivity contribution in [1.82, 2.24) is 4.90 Å². The number of aliphatic hydroxyl groups is 1. The molecule has 0 aliphatic carbocycles. The average molecular weight is 582 g/mol. The zero-order valence-corrected chi connectivity index (χ0v) is 26.0. The fourth-order valence-corrected chi connectivity index (χ4v) is 4.72. The molecule has 0 aliphatic rings. The van der Waals surface area contributed by atoms with Gasteiger partial charge in [-0.05, 0) is 109 Å². The molecule has 3 aromatic carbocycles. The molecule has 1 N–H and O–H groups in total. The number of rotatable bonds is 11. The highest BCUT2D eigenvalue weighted by Crippen LogP contribution is 2.36. The maximum Gasteiger partial charge on any atom is 0.343 e. The van der Waals surface area contributed by atoms with E-state index in [0.717, 1.165) is 29.7 Å². The van der Waals surface area contributed by atoms with Gasteiger partial charge in [-0.15, -0.1) is 12.4 Å². The lowest BCUT2D eigenvalue weighted by molar-refractivity contribution is -0.143. The molecule has 7 heteroatoms. The third kappa shape index (κ3) is 9.42. The highest BCUT2D eigenvalue weighted by Gasteiger charge is 2.25. The van der Waals surface area contributed by atoms with Crippen molar-refractivity contribution < 1.29 is 24.2 Å². The van der Waals surface area contributed by atoms with E-state index in [-0.39, 0.29) is 30.9 Å². The minimum absolute atomic E-state index is 0. The minimum Gasteiger partial charge on any atom is -0.426 e. The Morgan fingerprint density at radius 3 is 2.00 bits per heavy atom. The van der Waals surface area contributed by atoms with Crippen molar-refractivity contribution in [1.29, 1.82) is 0 Å². The van der Waals surface area contributed by atoms with Crippen molar-refractivity contribution in [2.24, 2.45) is 5.41 Å². The van der Waals surface area contributed by atoms with E-state index in [0.29, 0.717) is 29.1 Å². The first kappa shape index (κ1) is 34.0. The molecular formula is C34H44ClNO5. The van der Waals surface area contributed by atoms with Crippen molar-refractivity contribution >= 4 is 24.3 Å². The molecule has 0 heterocycles. The Labute approximate surface area is 251 Å². The molecule has 0 fully saturated rings. The molecular weight excluding hydrogens is 538 g/mol. The van der Waals surface area contributed by atoms with Gasteiger partial charge in [-0.25, -0.2) is 4.79 Å². The van der Waals surface area contributed by atoms with E-state index >= 15 is 0 Å². The number of aliphatic hydroxyl groups excluding tert-OH is 1. The largest absolute Gasteiger partial charge is 0.426 e. The van der Waals surface area contributed by atoms with E-state index < -0.39 is 11.4 Å². The number of carbonyl (C=O) groups excluding carboxylic acids is 2. The van der Waals surface area contributed by atoms with E-state index in [1.165, 1.54) is 0 Å². The number of nitrogens with zero attached hydrogens (tertiary/aromatic N) is 1. The van der Waals surface area contributed by atoms with Gasteiger partial charge >= 0.3 is 11.9 Å². The lowest BCUT2D eigenvalue weighted by Crippen LogP contribution is -2.38. The predicted molar refractivity (Wildman–Crippen MR) is 166 cm³/mol. The van der Waals surface area contributed by atoms with Gasteiger partial charge in [0, 0.05) is 23.6 Å². The second kappa shape index (κ2) is 15.2. The summed E-state index contributed by atoms with van der Waals surface area (Å²) in [4.78, 5) is 27.9. The third-order valence-electron chi connectivity index (χ3n) is 6.95. The number of halogens is 1. The third-order valence-corrected chi connectivity index (χ3v) is 6.95. The molecule has 0 amide bonds. The minimum atomic E-state index is -0.634. The lowest BCUT2D eigenvalue weighted by atomic mass is 9.86. The Kier molecular flexibility index (Phi) is 12.6. The number of benzene rings is 3. The number of ether oxygens (including phenoxy) is 2. The SMILES string of the molecule is CC(C)N(CCC(c1ccccc1)c1cc(CO)ccc1OC(=O)c1ccc(OC(=O)C(C)(C)C)cc1)C(C)C.Cl. The van der Waals surface area contributed by atoms with Crippen LogP contribution in [0.25, 0.3) is 0 Å². The van der Waals surface area contributed by atoms with Crippen molar-refractivity contribution in [3.05, 3.63) is 95.1 Å². The standard InChI is InChI=1S/C34H43NO5.ClH/c1-23(2)35(24(3)4)20-19-29(26-11-9-8-10-12-26)30-21-25(22-36)13-18-31(30)40-32(37)27-14-16-28(17-15-27)39-33(38)34(5,6)7;/h8-18,21,23-24,29,36H,19-20,22H2,1-7H3;1H. The zero-order valence-electron chi connectivity index (χ0n) is 25.2. The Bertz CT molecular complexity index is 1260. The van der Waals surface area contributed by atoms with Crippen LogP contribution in [-0.2, 0) is 11.4 Å². The first-order valence-electron chi connectivity index (χ1n) is 14.0. The number of carbonyl (C=O) groups is 2. The van der Waals surface area contributed by atoms with E-state index in [4.69, 9.17) is 9.47 Å². The normalized spacial score (nSPS) is 12.3. The molecule has 3 rings (SSSR count). The van der Waals surface area contributed by atoms with E-state index in [1.54, 1.807) is 57.2 Å². The van der Waals surface area contributed by atoms with E-state index in [1.807, 2.05) is 24.3 Å². The molecule has 41 heavy (non-hydrogen) atoms. The smallest absolute Gasteiger partial charge is 0.343 e. The van der Waals surface area contributed by atoms with Crippen LogP contribution in [0.3, 0.4) is 0 Å². The van der Waals surface area contributed by atoms with Gasteiger partial charge in [-0.3, -0.25) is 9.69 Å². The summed E-state index contributed by atoms with van der Waals surface area (Å²) in [5.74, 6) is -0.0792. The van der Waals surface area contributed by atoms with Crippen LogP contribution in [-0.4, -0.2) is 40.6 Å². The molecule has 3 aromatic rings. The fraction of sp³-hybridized carbons (Fsp3) is 0.412. The molecule has 0 bridgehead atoms. The van der Waals surface area contributed by atoms with Crippen molar-refractivity contribution in [3.8, 4) is 11.5 Å². The summed E-state index contributed by atoms with van der Waals surface area (Å²) >= 11 is 0. The van der Waals surface area contributed by atoms with Crippen LogP contribution in [0.1, 0.15) is 87.9 Å². The molecule has 1 unspecified atom stereocenters. The average Bonchev–Trinajstić information content (AvgIpc) is 2.91. The Morgan fingerprint density at radius 1 is 0.854 bits per heavy atom. The van der Waals surface area contributed by atoms with Gasteiger partial charge in [0.1, 0.15) is 11.5 Å². The van der Waals surface area contributed by atoms with Crippen LogP contribution in [0.4, 0.5) is 0 Å². The van der Waals surface area contributed by atoms with E-state index in [2.05, 4.69) is 44.7 Å². The Balaban J connectivity index is 0.00000588. The van der Waals surface area contributed by atoms with Crippen LogP contribution in [0.15, 0.2) is 72.8 Å². The number of esters is 2. The second-order valence-corrected chi connectivity index (χ2v) is 11.8. The van der Waals surface area contributed by atoms with Crippen LogP contribution in [0.2, 0.25) is 0 Å². The summed E-state index contributed by atoms with van der Waals surface area (Å²) < 4.78 is 11.4. The van der Waals surface area contributed by atoms with Crippen LogP contribution < -0.4 is 9.47 Å². The fourth-order valence-electron chi connectivity index (χ4n) is 4.72. The first-order chi connectivity index (χ1) is 18.9. The highest BCUT2D eigenvalue weighted by atomic mass is 35.5. The van der Waals surface area contributed by atoms with Crippen molar-refractivity contribution in [2.45, 2.75) is 79.5 Å². The summed E-state index contributed by atoms with van der Waals surface area (Å²) in [5, 5.41) is 9.92. The van der Waals surface area contributed by atoms with Gasteiger partial charge in [-0.1, -0.05) is 36.4 Å². The Hall–Kier alpha value is -3.19. The summed E-state index contributed by atoms with van der Waals surface area (Å²) in [6, 6.07) is 22.8. The molecule has 1 atom stereocenters. The quantitative estimate of drug-likeness (QED) is 0.188. The van der Waals surface area contributed by atoms with Crippen molar-refractivity contribution in [2.75, 3.05) is 6.54 Å². The first-order valence-corrected chi connectivity index (χ1v) is 14.0. The molecule has 0 saturated carbocycles. The maximum absolute atomic E-state index is 13.2. The zero-order chi connectivity index (χ0) is 29.4. The van der Waals surface area contributed by atoms with Gasteiger partial charge < -0.3 is 14.6 Å². The molecule has 0 aromatic heterocycles. The number of hydrogen-bond acceptors (Lipinski definition) is 6. The molecule has 0 aliphatic heterocycles. The van der Waals surface area contributed by atoms with Crippen molar-refractivity contribution in [3.63, 3.8) is 0 Å².